The van der Waals surface area contributed by atoms with Gasteiger partial charge in [0.15, 0.2) is 0 Å². The van der Waals surface area contributed by atoms with Crippen LogP contribution in [0.15, 0.2) is 46.3 Å². The maximum Gasteiger partial charge on any atom is 0.124 e. The molecule has 15 heavy (non-hydrogen) atoms. The number of hydrogen-bond donors (Lipinski definition) is 0. The quantitative estimate of drug-likeness (QED) is 0.803. The Hall–Kier alpha value is -0.740. The van der Waals surface area contributed by atoms with Crippen LogP contribution in [-0.2, 0) is 6.54 Å². The molecule has 0 atom stereocenters. The summed E-state index contributed by atoms with van der Waals surface area (Å²) in [7, 11) is 0. The van der Waals surface area contributed by atoms with Gasteiger partial charge >= 0.3 is 0 Å². The zero-order valence-electron chi connectivity index (χ0n) is 8.35. The SMILES string of the molecule is CSc1cccc(Cn2cnc(Br)c2)c1. The Kier molecular flexibility index (Phi) is 3.49. The number of halogens is 1. The lowest BCUT2D eigenvalue weighted by Gasteiger charge is -2.03. The number of imidazole rings is 1. The van der Waals surface area contributed by atoms with E-state index < -0.39 is 0 Å². The van der Waals surface area contributed by atoms with Crippen LogP contribution in [0.3, 0.4) is 0 Å². The molecular formula is C11H11BrN2S. The number of nitrogens with zero attached hydrogens (tertiary/aromatic N) is 2. The summed E-state index contributed by atoms with van der Waals surface area (Å²) in [5.74, 6) is 0. The summed E-state index contributed by atoms with van der Waals surface area (Å²) in [4.78, 5) is 5.43. The molecule has 1 heterocycles. The van der Waals surface area contributed by atoms with Crippen molar-refractivity contribution in [1.82, 2.24) is 9.55 Å². The van der Waals surface area contributed by atoms with Crippen molar-refractivity contribution in [1.29, 1.82) is 0 Å². The average molecular weight is 283 g/mol. The molecule has 78 valence electrons. The predicted molar refractivity (Wildman–Crippen MR) is 67.3 cm³/mol. The third kappa shape index (κ3) is 2.86. The molecule has 0 radical (unpaired) electrons. The number of aromatic nitrogens is 2. The molecule has 0 spiro atoms. The van der Waals surface area contributed by atoms with Crippen molar-refractivity contribution in [3.05, 3.63) is 47.0 Å². The van der Waals surface area contributed by atoms with Crippen LogP contribution in [0.2, 0.25) is 0 Å². The smallest absolute Gasteiger partial charge is 0.124 e. The molecule has 0 aliphatic carbocycles. The monoisotopic (exact) mass is 282 g/mol. The van der Waals surface area contributed by atoms with Gasteiger partial charge in [0, 0.05) is 17.6 Å². The van der Waals surface area contributed by atoms with Gasteiger partial charge in [0.2, 0.25) is 0 Å². The lowest BCUT2D eigenvalue weighted by molar-refractivity contribution is 0.795. The molecule has 0 aliphatic rings. The van der Waals surface area contributed by atoms with Crippen molar-refractivity contribution in [3.8, 4) is 0 Å². The second kappa shape index (κ2) is 4.86. The van der Waals surface area contributed by atoms with E-state index >= 15 is 0 Å². The van der Waals surface area contributed by atoms with E-state index in [9.17, 15) is 0 Å². The van der Waals surface area contributed by atoms with Crippen LogP contribution in [0.1, 0.15) is 5.56 Å². The van der Waals surface area contributed by atoms with Crippen LogP contribution < -0.4 is 0 Å². The Bertz CT molecular complexity index is 453. The number of thioether (sulfide) groups is 1. The first-order valence-electron chi connectivity index (χ1n) is 4.58. The van der Waals surface area contributed by atoms with E-state index in [0.717, 1.165) is 11.1 Å². The number of rotatable bonds is 3. The maximum absolute atomic E-state index is 4.13. The van der Waals surface area contributed by atoms with E-state index in [4.69, 9.17) is 0 Å². The summed E-state index contributed by atoms with van der Waals surface area (Å²) in [6.07, 6.45) is 5.90. The van der Waals surface area contributed by atoms with Crippen LogP contribution in [0.25, 0.3) is 0 Å². The Balaban J connectivity index is 2.16. The summed E-state index contributed by atoms with van der Waals surface area (Å²) < 4.78 is 2.94. The van der Waals surface area contributed by atoms with Gasteiger partial charge in [-0.2, -0.15) is 0 Å². The molecule has 1 aromatic carbocycles. The first kappa shape index (κ1) is 10.8. The van der Waals surface area contributed by atoms with Gasteiger partial charge < -0.3 is 4.57 Å². The Morgan fingerprint density at radius 1 is 1.47 bits per heavy atom. The van der Waals surface area contributed by atoms with E-state index in [1.54, 1.807) is 11.8 Å². The van der Waals surface area contributed by atoms with Crippen LogP contribution in [0.5, 0.6) is 0 Å². The van der Waals surface area contributed by atoms with E-state index in [0.29, 0.717) is 0 Å². The molecule has 0 N–H and O–H groups in total. The summed E-state index contributed by atoms with van der Waals surface area (Å²) in [5, 5.41) is 0. The van der Waals surface area contributed by atoms with Crippen LogP contribution in [0, 0.1) is 0 Å². The topological polar surface area (TPSA) is 17.8 Å². The van der Waals surface area contributed by atoms with Crippen molar-refractivity contribution in [2.45, 2.75) is 11.4 Å². The molecule has 2 rings (SSSR count). The van der Waals surface area contributed by atoms with Crippen molar-refractivity contribution in [3.63, 3.8) is 0 Å². The zero-order chi connectivity index (χ0) is 10.7. The highest BCUT2D eigenvalue weighted by Gasteiger charge is 1.98. The fourth-order valence-corrected chi connectivity index (χ4v) is 2.24. The molecule has 4 heteroatoms. The van der Waals surface area contributed by atoms with Crippen LogP contribution >= 0.6 is 27.7 Å². The highest BCUT2D eigenvalue weighted by Crippen LogP contribution is 2.16. The Morgan fingerprint density at radius 2 is 2.33 bits per heavy atom. The second-order valence-electron chi connectivity index (χ2n) is 3.22. The lowest BCUT2D eigenvalue weighted by atomic mass is 10.2. The maximum atomic E-state index is 4.13. The van der Waals surface area contributed by atoms with Crippen LogP contribution in [-0.4, -0.2) is 15.8 Å². The van der Waals surface area contributed by atoms with Gasteiger partial charge in [0.25, 0.3) is 0 Å². The molecule has 0 saturated heterocycles. The molecule has 0 bridgehead atoms. The summed E-state index contributed by atoms with van der Waals surface area (Å²) in [6.45, 7) is 0.868. The van der Waals surface area contributed by atoms with Gasteiger partial charge in [0.05, 0.1) is 6.33 Å². The second-order valence-corrected chi connectivity index (χ2v) is 4.91. The third-order valence-corrected chi connectivity index (χ3v) is 3.24. The molecule has 0 fully saturated rings. The minimum atomic E-state index is 0.868. The molecule has 0 amide bonds. The molecular weight excluding hydrogens is 272 g/mol. The fourth-order valence-electron chi connectivity index (χ4n) is 1.40. The first-order chi connectivity index (χ1) is 7.28. The van der Waals surface area contributed by atoms with Gasteiger partial charge in [-0.1, -0.05) is 12.1 Å². The first-order valence-corrected chi connectivity index (χ1v) is 6.60. The van der Waals surface area contributed by atoms with Crippen molar-refractivity contribution in [2.24, 2.45) is 0 Å². The molecule has 2 aromatic rings. The van der Waals surface area contributed by atoms with E-state index in [-0.39, 0.29) is 0 Å². The van der Waals surface area contributed by atoms with Crippen molar-refractivity contribution >= 4 is 27.7 Å². The van der Waals surface area contributed by atoms with E-state index in [2.05, 4.69) is 56.0 Å². The largest absolute Gasteiger partial charge is 0.332 e. The summed E-state index contributed by atoms with van der Waals surface area (Å²) in [6, 6.07) is 8.55. The van der Waals surface area contributed by atoms with Gasteiger partial charge in [-0.05, 0) is 39.9 Å². The van der Waals surface area contributed by atoms with Gasteiger partial charge in [-0.25, -0.2) is 4.98 Å². The summed E-state index contributed by atoms with van der Waals surface area (Å²) >= 11 is 5.10. The standard InChI is InChI=1S/C11H11BrN2S/c1-15-10-4-2-3-9(5-10)6-14-7-11(12)13-8-14/h2-5,7-8H,6H2,1H3. The molecule has 0 unspecified atom stereocenters. The van der Waals surface area contributed by atoms with Crippen molar-refractivity contribution < 1.29 is 0 Å². The normalized spacial score (nSPS) is 10.5. The van der Waals surface area contributed by atoms with Gasteiger partial charge in [0.1, 0.15) is 4.60 Å². The Morgan fingerprint density at radius 3 is 3.00 bits per heavy atom. The molecule has 1 aromatic heterocycles. The lowest BCUT2D eigenvalue weighted by Crippen LogP contribution is -1.95. The minimum absolute atomic E-state index is 0.868. The van der Waals surface area contributed by atoms with Gasteiger partial charge in [-0.15, -0.1) is 11.8 Å². The van der Waals surface area contributed by atoms with E-state index in [1.807, 2.05) is 12.5 Å². The minimum Gasteiger partial charge on any atom is -0.332 e. The molecule has 2 nitrogen and oxygen atoms in total. The fraction of sp³-hybridized carbons (Fsp3) is 0.182. The Labute approximate surface area is 102 Å². The highest BCUT2D eigenvalue weighted by atomic mass is 79.9. The molecule has 0 aliphatic heterocycles. The van der Waals surface area contributed by atoms with Crippen LogP contribution in [0.4, 0.5) is 0 Å². The third-order valence-electron chi connectivity index (χ3n) is 2.10. The number of hydrogen-bond acceptors (Lipinski definition) is 2. The van der Waals surface area contributed by atoms with Gasteiger partial charge in [-0.3, -0.25) is 0 Å². The summed E-state index contributed by atoms with van der Waals surface area (Å²) in [5.41, 5.74) is 1.30. The number of benzene rings is 1. The van der Waals surface area contributed by atoms with Crippen molar-refractivity contribution in [2.75, 3.05) is 6.26 Å². The highest BCUT2D eigenvalue weighted by molar-refractivity contribution is 9.10. The average Bonchev–Trinajstić information content (AvgIpc) is 2.64. The predicted octanol–water partition coefficient (Wildman–Crippen LogP) is 3.42. The zero-order valence-corrected chi connectivity index (χ0v) is 10.8. The molecule has 0 saturated carbocycles. The van der Waals surface area contributed by atoms with E-state index in [1.165, 1.54) is 10.5 Å².